The fourth-order valence-corrected chi connectivity index (χ4v) is 5.49. The first kappa shape index (κ1) is 15.0. The van der Waals surface area contributed by atoms with Crippen molar-refractivity contribution in [3.8, 4) is 11.1 Å². The fraction of sp³-hybridized carbons (Fsp3) is 0.0400. The SMILES string of the molecule is Cn1c2ccccc2c2cc3sc4cccc(-c5ccccc5)c4c3cc21. The average Bonchev–Trinajstić information content (AvgIpc) is 3.23. The number of hydrogen-bond acceptors (Lipinski definition) is 1. The van der Waals surface area contributed by atoms with E-state index in [0.29, 0.717) is 0 Å². The van der Waals surface area contributed by atoms with Crippen LogP contribution in [0.4, 0.5) is 0 Å². The van der Waals surface area contributed by atoms with Gasteiger partial charge >= 0.3 is 0 Å². The summed E-state index contributed by atoms with van der Waals surface area (Å²) < 4.78 is 5.03. The van der Waals surface area contributed by atoms with Crippen molar-refractivity contribution in [3.63, 3.8) is 0 Å². The molecule has 27 heavy (non-hydrogen) atoms. The summed E-state index contributed by atoms with van der Waals surface area (Å²) in [4.78, 5) is 0. The molecule has 0 unspecified atom stereocenters. The Morgan fingerprint density at radius 2 is 1.44 bits per heavy atom. The van der Waals surface area contributed by atoms with Gasteiger partial charge in [-0.3, -0.25) is 0 Å². The van der Waals surface area contributed by atoms with Crippen molar-refractivity contribution in [2.24, 2.45) is 7.05 Å². The number of aromatic nitrogens is 1. The van der Waals surface area contributed by atoms with Gasteiger partial charge in [0.2, 0.25) is 0 Å². The molecule has 0 atom stereocenters. The lowest BCUT2D eigenvalue weighted by Crippen LogP contribution is -1.85. The largest absolute Gasteiger partial charge is 0.344 e. The third-order valence-corrected chi connectivity index (χ3v) is 6.73. The van der Waals surface area contributed by atoms with Crippen LogP contribution in [0.3, 0.4) is 0 Å². The van der Waals surface area contributed by atoms with E-state index < -0.39 is 0 Å². The normalized spacial score (nSPS) is 11.9. The molecule has 4 aromatic carbocycles. The van der Waals surface area contributed by atoms with Gasteiger partial charge in [0.1, 0.15) is 0 Å². The Labute approximate surface area is 161 Å². The molecule has 0 aliphatic heterocycles. The monoisotopic (exact) mass is 363 g/mol. The predicted octanol–water partition coefficient (Wildman–Crippen LogP) is 7.37. The zero-order chi connectivity index (χ0) is 18.0. The van der Waals surface area contributed by atoms with E-state index in [1.807, 2.05) is 11.3 Å². The standard InChI is InChI=1S/C25H17NS/c1-26-21-12-6-5-10-18(21)19-15-24-20(14-22(19)26)25-17(11-7-13-23(25)27-24)16-8-3-2-4-9-16/h2-15H,1H3. The van der Waals surface area contributed by atoms with Gasteiger partial charge in [-0.25, -0.2) is 0 Å². The van der Waals surface area contributed by atoms with Crippen LogP contribution < -0.4 is 0 Å². The summed E-state index contributed by atoms with van der Waals surface area (Å²) in [6, 6.07) is 30.8. The molecule has 0 amide bonds. The van der Waals surface area contributed by atoms with E-state index in [1.54, 1.807) is 0 Å². The highest BCUT2D eigenvalue weighted by atomic mass is 32.1. The summed E-state index contributed by atoms with van der Waals surface area (Å²) in [5.41, 5.74) is 5.18. The molecule has 0 spiro atoms. The Balaban J connectivity index is 1.80. The third kappa shape index (κ3) is 2.05. The lowest BCUT2D eigenvalue weighted by molar-refractivity contribution is 1.02. The second kappa shape index (κ2) is 5.45. The summed E-state index contributed by atoms with van der Waals surface area (Å²) >= 11 is 1.89. The van der Waals surface area contributed by atoms with Crippen LogP contribution in [0.15, 0.2) is 84.9 Å². The van der Waals surface area contributed by atoms with Gasteiger partial charge < -0.3 is 4.57 Å². The molecule has 0 saturated heterocycles. The molecule has 2 heterocycles. The van der Waals surface area contributed by atoms with Gasteiger partial charge in [-0.1, -0.05) is 60.7 Å². The molecular formula is C25H17NS. The third-order valence-electron chi connectivity index (χ3n) is 5.62. The van der Waals surface area contributed by atoms with Gasteiger partial charge in [0.15, 0.2) is 0 Å². The van der Waals surface area contributed by atoms with Gasteiger partial charge in [-0.15, -0.1) is 11.3 Å². The van der Waals surface area contributed by atoms with E-state index >= 15 is 0 Å². The molecule has 0 fully saturated rings. The van der Waals surface area contributed by atoms with Crippen molar-refractivity contribution in [2.75, 3.05) is 0 Å². The second-order valence-corrected chi connectivity index (χ2v) is 8.17. The Morgan fingerprint density at radius 1 is 0.630 bits per heavy atom. The number of nitrogens with zero attached hydrogens (tertiary/aromatic N) is 1. The average molecular weight is 363 g/mol. The van der Waals surface area contributed by atoms with Gasteiger partial charge in [-0.05, 0) is 35.4 Å². The molecule has 0 saturated carbocycles. The number of rotatable bonds is 1. The highest BCUT2D eigenvalue weighted by Gasteiger charge is 2.14. The Morgan fingerprint density at radius 3 is 2.33 bits per heavy atom. The zero-order valence-corrected chi connectivity index (χ0v) is 15.8. The minimum atomic E-state index is 1.28. The summed E-state index contributed by atoms with van der Waals surface area (Å²) in [5, 5.41) is 5.40. The van der Waals surface area contributed by atoms with Gasteiger partial charge in [0.25, 0.3) is 0 Å². The number of hydrogen-bond donors (Lipinski definition) is 0. The Hall–Kier alpha value is -3.10. The van der Waals surface area contributed by atoms with Crippen LogP contribution in [0.1, 0.15) is 0 Å². The van der Waals surface area contributed by atoms with Crippen LogP contribution in [0, 0.1) is 0 Å². The topological polar surface area (TPSA) is 4.93 Å². The zero-order valence-electron chi connectivity index (χ0n) is 14.9. The quantitative estimate of drug-likeness (QED) is 0.287. The molecule has 128 valence electrons. The number of thiophene rings is 1. The molecule has 0 bridgehead atoms. The molecule has 2 heteroatoms. The van der Waals surface area contributed by atoms with E-state index in [4.69, 9.17) is 0 Å². The summed E-state index contributed by atoms with van der Waals surface area (Å²) in [6.07, 6.45) is 0. The smallest absolute Gasteiger partial charge is 0.0495 e. The van der Waals surface area contributed by atoms with Crippen LogP contribution in [0.5, 0.6) is 0 Å². The van der Waals surface area contributed by atoms with E-state index in [-0.39, 0.29) is 0 Å². The van der Waals surface area contributed by atoms with Crippen molar-refractivity contribution in [1.29, 1.82) is 0 Å². The maximum atomic E-state index is 2.38. The number of para-hydroxylation sites is 1. The lowest BCUT2D eigenvalue weighted by Gasteiger charge is -2.05. The number of fused-ring (bicyclic) bond motifs is 6. The summed E-state index contributed by atoms with van der Waals surface area (Å²) in [5.74, 6) is 0. The summed E-state index contributed by atoms with van der Waals surface area (Å²) in [7, 11) is 2.17. The Kier molecular flexibility index (Phi) is 3.03. The van der Waals surface area contributed by atoms with Crippen LogP contribution in [0.2, 0.25) is 0 Å². The number of aryl methyl sites for hydroxylation is 1. The highest BCUT2D eigenvalue weighted by Crippen LogP contribution is 2.42. The van der Waals surface area contributed by atoms with E-state index in [0.717, 1.165) is 0 Å². The van der Waals surface area contributed by atoms with E-state index in [1.165, 1.54) is 53.1 Å². The van der Waals surface area contributed by atoms with Crippen molar-refractivity contribution in [3.05, 3.63) is 84.9 Å². The highest BCUT2D eigenvalue weighted by molar-refractivity contribution is 7.26. The molecule has 0 aliphatic carbocycles. The summed E-state index contributed by atoms with van der Waals surface area (Å²) in [6.45, 7) is 0. The molecule has 6 aromatic rings. The molecule has 1 nitrogen and oxygen atoms in total. The van der Waals surface area contributed by atoms with Crippen LogP contribution in [-0.4, -0.2) is 4.57 Å². The predicted molar refractivity (Wildman–Crippen MR) is 119 cm³/mol. The molecule has 6 rings (SSSR count). The molecule has 0 N–H and O–H groups in total. The van der Waals surface area contributed by atoms with Crippen LogP contribution >= 0.6 is 11.3 Å². The number of benzene rings is 4. The van der Waals surface area contributed by atoms with Gasteiger partial charge in [0, 0.05) is 49.0 Å². The first-order valence-corrected chi connectivity index (χ1v) is 10.0. The minimum Gasteiger partial charge on any atom is -0.344 e. The molecule has 0 radical (unpaired) electrons. The van der Waals surface area contributed by atoms with E-state index in [2.05, 4.69) is 96.5 Å². The van der Waals surface area contributed by atoms with Gasteiger partial charge in [0.05, 0.1) is 0 Å². The Bertz CT molecular complexity index is 1470. The lowest BCUT2D eigenvalue weighted by atomic mass is 9.99. The van der Waals surface area contributed by atoms with Crippen molar-refractivity contribution < 1.29 is 0 Å². The fourth-order valence-electron chi connectivity index (χ4n) is 4.34. The minimum absolute atomic E-state index is 1.28. The van der Waals surface area contributed by atoms with Crippen LogP contribution in [0.25, 0.3) is 53.1 Å². The molecule has 2 aromatic heterocycles. The second-order valence-electron chi connectivity index (χ2n) is 7.09. The first-order chi connectivity index (χ1) is 13.3. The molecular weight excluding hydrogens is 346 g/mol. The van der Waals surface area contributed by atoms with Crippen molar-refractivity contribution in [2.45, 2.75) is 0 Å². The maximum Gasteiger partial charge on any atom is 0.0495 e. The van der Waals surface area contributed by atoms with Gasteiger partial charge in [-0.2, -0.15) is 0 Å². The van der Waals surface area contributed by atoms with Crippen molar-refractivity contribution in [1.82, 2.24) is 4.57 Å². The molecule has 0 aliphatic rings. The van der Waals surface area contributed by atoms with Crippen LogP contribution in [-0.2, 0) is 7.05 Å². The van der Waals surface area contributed by atoms with Crippen molar-refractivity contribution >= 4 is 53.3 Å². The van der Waals surface area contributed by atoms with E-state index in [9.17, 15) is 0 Å². The maximum absolute atomic E-state index is 2.38. The first-order valence-electron chi connectivity index (χ1n) is 9.19.